The molecule has 0 aliphatic carbocycles. The first kappa shape index (κ1) is 11.2. The summed E-state index contributed by atoms with van der Waals surface area (Å²) in [6.45, 7) is 2.51. The first-order valence-corrected chi connectivity index (χ1v) is 5.80. The summed E-state index contributed by atoms with van der Waals surface area (Å²) >= 11 is 1.49. The van der Waals surface area contributed by atoms with Crippen LogP contribution in [-0.2, 0) is 6.42 Å². The van der Waals surface area contributed by atoms with Crippen molar-refractivity contribution in [2.24, 2.45) is 5.73 Å². The Bertz CT molecular complexity index is 496. The molecule has 5 heteroatoms. The number of thiazole rings is 1. The predicted octanol–water partition coefficient (Wildman–Crippen LogP) is 2.15. The van der Waals surface area contributed by atoms with E-state index < -0.39 is 0 Å². The minimum atomic E-state index is -0.337. The predicted molar refractivity (Wildman–Crippen MR) is 62.8 cm³/mol. The average Bonchev–Trinajstić information content (AvgIpc) is 2.61. The topological polar surface area (TPSA) is 51.8 Å². The number of nitrogens with zero attached hydrogens (tertiary/aromatic N) is 2. The number of halogens is 1. The van der Waals surface area contributed by atoms with Gasteiger partial charge >= 0.3 is 0 Å². The van der Waals surface area contributed by atoms with Crippen LogP contribution in [-0.4, -0.2) is 16.5 Å². The van der Waals surface area contributed by atoms with Crippen LogP contribution >= 0.6 is 11.3 Å². The molecule has 0 aromatic carbocycles. The molecule has 2 N–H and O–H groups in total. The van der Waals surface area contributed by atoms with Gasteiger partial charge in [0.1, 0.15) is 5.01 Å². The first-order valence-electron chi connectivity index (χ1n) is 4.98. The van der Waals surface area contributed by atoms with Gasteiger partial charge in [0.25, 0.3) is 0 Å². The van der Waals surface area contributed by atoms with Gasteiger partial charge in [0.2, 0.25) is 0 Å². The first-order chi connectivity index (χ1) is 7.72. The molecule has 0 aliphatic heterocycles. The molecule has 0 aliphatic rings. The summed E-state index contributed by atoms with van der Waals surface area (Å²) < 4.78 is 13.5. The lowest BCUT2D eigenvalue weighted by Gasteiger charge is -1.96. The van der Waals surface area contributed by atoms with E-state index in [0.29, 0.717) is 17.1 Å². The molecule has 84 valence electrons. The summed E-state index contributed by atoms with van der Waals surface area (Å²) in [7, 11) is 0. The van der Waals surface area contributed by atoms with E-state index in [1.807, 2.05) is 6.92 Å². The molecule has 2 aromatic rings. The third kappa shape index (κ3) is 2.10. The van der Waals surface area contributed by atoms with Gasteiger partial charge in [0, 0.05) is 16.6 Å². The summed E-state index contributed by atoms with van der Waals surface area (Å²) in [5.41, 5.74) is 6.94. The number of hydrogen-bond acceptors (Lipinski definition) is 4. The van der Waals surface area contributed by atoms with Gasteiger partial charge in [0.15, 0.2) is 5.82 Å². The maximum absolute atomic E-state index is 13.5. The Morgan fingerprint density at radius 3 is 3.00 bits per heavy atom. The number of hydrogen-bond donors (Lipinski definition) is 1. The van der Waals surface area contributed by atoms with E-state index in [0.717, 1.165) is 17.0 Å². The van der Waals surface area contributed by atoms with E-state index >= 15 is 0 Å². The molecule has 0 amide bonds. The van der Waals surface area contributed by atoms with Crippen molar-refractivity contribution in [3.05, 3.63) is 34.8 Å². The maximum atomic E-state index is 13.5. The molecule has 0 atom stereocenters. The molecule has 2 aromatic heterocycles. The largest absolute Gasteiger partial charge is 0.330 e. The van der Waals surface area contributed by atoms with Crippen LogP contribution in [0.5, 0.6) is 0 Å². The Balaban J connectivity index is 2.42. The van der Waals surface area contributed by atoms with Crippen molar-refractivity contribution in [1.29, 1.82) is 0 Å². The van der Waals surface area contributed by atoms with Gasteiger partial charge in [0.05, 0.1) is 11.9 Å². The number of pyridine rings is 1. The quantitative estimate of drug-likeness (QED) is 0.890. The second-order valence-corrected chi connectivity index (χ2v) is 4.51. The van der Waals surface area contributed by atoms with Crippen molar-refractivity contribution in [3.8, 4) is 10.6 Å². The second kappa shape index (κ2) is 4.67. The van der Waals surface area contributed by atoms with Crippen LogP contribution in [0.15, 0.2) is 18.5 Å². The molecule has 3 nitrogen and oxygen atoms in total. The Kier molecular flexibility index (Phi) is 3.26. The van der Waals surface area contributed by atoms with E-state index in [1.165, 1.54) is 17.5 Å². The summed E-state index contributed by atoms with van der Waals surface area (Å²) in [5.74, 6) is -0.337. The minimum Gasteiger partial charge on any atom is -0.330 e. The van der Waals surface area contributed by atoms with Crippen molar-refractivity contribution in [2.45, 2.75) is 13.3 Å². The third-order valence-electron chi connectivity index (χ3n) is 2.27. The van der Waals surface area contributed by atoms with Crippen LogP contribution in [0.2, 0.25) is 0 Å². The van der Waals surface area contributed by atoms with Crippen LogP contribution in [0.3, 0.4) is 0 Å². The monoisotopic (exact) mass is 237 g/mol. The lowest BCUT2D eigenvalue weighted by atomic mass is 10.2. The fourth-order valence-corrected chi connectivity index (χ4v) is 2.56. The van der Waals surface area contributed by atoms with Crippen LogP contribution in [0.1, 0.15) is 10.6 Å². The van der Waals surface area contributed by atoms with Crippen molar-refractivity contribution in [2.75, 3.05) is 6.54 Å². The lowest BCUT2D eigenvalue weighted by Crippen LogP contribution is -2.01. The highest BCUT2D eigenvalue weighted by Gasteiger charge is 2.12. The summed E-state index contributed by atoms with van der Waals surface area (Å²) in [6.07, 6.45) is 3.56. The minimum absolute atomic E-state index is 0.337. The molecule has 0 spiro atoms. The van der Waals surface area contributed by atoms with Gasteiger partial charge in [-0.1, -0.05) is 0 Å². The van der Waals surface area contributed by atoms with Crippen LogP contribution in [0.25, 0.3) is 10.6 Å². The van der Waals surface area contributed by atoms with Gasteiger partial charge in [-0.05, 0) is 26.0 Å². The van der Waals surface area contributed by atoms with Gasteiger partial charge < -0.3 is 5.73 Å². The Morgan fingerprint density at radius 2 is 2.31 bits per heavy atom. The van der Waals surface area contributed by atoms with Gasteiger partial charge in [-0.15, -0.1) is 11.3 Å². The van der Waals surface area contributed by atoms with Crippen LogP contribution < -0.4 is 5.73 Å². The average molecular weight is 237 g/mol. The number of nitrogens with two attached hydrogens (primary N) is 1. The fourth-order valence-electron chi connectivity index (χ4n) is 1.45. The molecule has 2 heterocycles. The normalized spacial score (nSPS) is 10.7. The Labute approximate surface area is 97.2 Å². The van der Waals surface area contributed by atoms with Crippen molar-refractivity contribution < 1.29 is 4.39 Å². The zero-order valence-corrected chi connectivity index (χ0v) is 9.72. The standard InChI is InChI=1S/C11H12FN3S/c1-7-10(2-4-13)16-11(15-7)8-3-5-14-6-9(8)12/h3,5-6H,2,4,13H2,1H3. The molecule has 16 heavy (non-hydrogen) atoms. The molecule has 0 saturated carbocycles. The SMILES string of the molecule is Cc1nc(-c2ccncc2F)sc1CCN. The van der Waals surface area contributed by atoms with Crippen molar-refractivity contribution in [1.82, 2.24) is 9.97 Å². The Hall–Kier alpha value is -1.33. The number of aryl methyl sites for hydroxylation is 1. The van der Waals surface area contributed by atoms with Crippen molar-refractivity contribution >= 4 is 11.3 Å². The fraction of sp³-hybridized carbons (Fsp3) is 0.273. The molecule has 0 bridgehead atoms. The summed E-state index contributed by atoms with van der Waals surface area (Å²) in [6, 6.07) is 1.64. The highest BCUT2D eigenvalue weighted by Crippen LogP contribution is 2.29. The smallest absolute Gasteiger partial charge is 0.151 e. The van der Waals surface area contributed by atoms with Gasteiger partial charge in [-0.2, -0.15) is 0 Å². The summed E-state index contributed by atoms with van der Waals surface area (Å²) in [4.78, 5) is 9.19. The van der Waals surface area contributed by atoms with E-state index in [4.69, 9.17) is 5.73 Å². The second-order valence-electron chi connectivity index (χ2n) is 3.42. The van der Waals surface area contributed by atoms with E-state index in [-0.39, 0.29) is 5.82 Å². The van der Waals surface area contributed by atoms with E-state index in [9.17, 15) is 4.39 Å². The van der Waals surface area contributed by atoms with E-state index in [2.05, 4.69) is 9.97 Å². The van der Waals surface area contributed by atoms with E-state index in [1.54, 1.807) is 12.3 Å². The molecule has 0 fully saturated rings. The highest BCUT2D eigenvalue weighted by molar-refractivity contribution is 7.15. The molecular formula is C11H12FN3S. The van der Waals surface area contributed by atoms with Crippen molar-refractivity contribution in [3.63, 3.8) is 0 Å². The molecular weight excluding hydrogens is 225 g/mol. The third-order valence-corrected chi connectivity index (χ3v) is 3.52. The number of rotatable bonds is 3. The Morgan fingerprint density at radius 1 is 1.50 bits per heavy atom. The molecule has 0 saturated heterocycles. The van der Waals surface area contributed by atoms with Gasteiger partial charge in [-0.3, -0.25) is 4.98 Å². The zero-order chi connectivity index (χ0) is 11.5. The molecule has 0 unspecified atom stereocenters. The lowest BCUT2D eigenvalue weighted by molar-refractivity contribution is 0.625. The molecule has 2 rings (SSSR count). The zero-order valence-electron chi connectivity index (χ0n) is 8.90. The molecule has 0 radical (unpaired) electrons. The highest BCUT2D eigenvalue weighted by atomic mass is 32.1. The summed E-state index contributed by atoms with van der Waals surface area (Å²) in [5, 5.41) is 0.695. The maximum Gasteiger partial charge on any atom is 0.151 e. The van der Waals surface area contributed by atoms with Gasteiger partial charge in [-0.25, -0.2) is 9.37 Å². The number of aromatic nitrogens is 2. The van der Waals surface area contributed by atoms with Crippen LogP contribution in [0.4, 0.5) is 4.39 Å². The van der Waals surface area contributed by atoms with Crippen LogP contribution in [0, 0.1) is 12.7 Å².